The molecule has 0 saturated carbocycles. The number of hydrogen-bond donors (Lipinski definition) is 1. The van der Waals surface area contributed by atoms with Crippen LogP contribution in [0.1, 0.15) is 17.1 Å². The number of hydrogen-bond acceptors (Lipinski definition) is 3. The number of imidazole rings is 1. The molecule has 0 saturated heterocycles. The molecule has 0 aliphatic heterocycles. The van der Waals surface area contributed by atoms with Crippen LogP contribution < -0.4 is 10.1 Å². The molecule has 2 aromatic rings. The molecule has 0 bridgehead atoms. The van der Waals surface area contributed by atoms with E-state index in [0.29, 0.717) is 0 Å². The van der Waals surface area contributed by atoms with Crippen LogP contribution in [0.2, 0.25) is 0 Å². The zero-order valence-electron chi connectivity index (χ0n) is 12.2. The standard InChI is InChI=1S/C15H21N3O/c1-10-6-7-13(19-5)12(8-10)15-11(2)17-14(9-16-3)18(15)4/h6-8,16H,9H2,1-5H3. The lowest BCUT2D eigenvalue weighted by Gasteiger charge is -2.12. The van der Waals surface area contributed by atoms with Crippen LogP contribution in [-0.2, 0) is 13.6 Å². The summed E-state index contributed by atoms with van der Waals surface area (Å²) in [6.07, 6.45) is 0. The third-order valence-corrected chi connectivity index (χ3v) is 3.31. The van der Waals surface area contributed by atoms with Crippen LogP contribution in [0.25, 0.3) is 11.3 Å². The summed E-state index contributed by atoms with van der Waals surface area (Å²) in [7, 11) is 5.68. The second-order valence-electron chi connectivity index (χ2n) is 4.76. The quantitative estimate of drug-likeness (QED) is 0.916. The van der Waals surface area contributed by atoms with Gasteiger partial charge in [0.1, 0.15) is 11.6 Å². The van der Waals surface area contributed by atoms with Gasteiger partial charge in [-0.15, -0.1) is 0 Å². The molecular weight excluding hydrogens is 238 g/mol. The van der Waals surface area contributed by atoms with Crippen molar-refractivity contribution in [2.24, 2.45) is 7.05 Å². The largest absolute Gasteiger partial charge is 0.496 e. The number of nitrogens with zero attached hydrogens (tertiary/aromatic N) is 2. The van der Waals surface area contributed by atoms with E-state index in [2.05, 4.69) is 33.9 Å². The van der Waals surface area contributed by atoms with Crippen LogP contribution in [0.5, 0.6) is 5.75 Å². The highest BCUT2D eigenvalue weighted by Crippen LogP contribution is 2.33. The van der Waals surface area contributed by atoms with Crippen LogP contribution in [-0.4, -0.2) is 23.7 Å². The third-order valence-electron chi connectivity index (χ3n) is 3.31. The predicted molar refractivity (Wildman–Crippen MR) is 77.4 cm³/mol. The minimum absolute atomic E-state index is 0.755. The Kier molecular flexibility index (Phi) is 3.90. The Morgan fingerprint density at radius 2 is 2.05 bits per heavy atom. The summed E-state index contributed by atoms with van der Waals surface area (Å²) in [5, 5.41) is 3.14. The van der Waals surface area contributed by atoms with E-state index >= 15 is 0 Å². The summed E-state index contributed by atoms with van der Waals surface area (Å²) in [6.45, 7) is 4.88. The van der Waals surface area contributed by atoms with Crippen LogP contribution in [0.3, 0.4) is 0 Å². The van der Waals surface area contributed by atoms with Crippen molar-refractivity contribution in [2.75, 3.05) is 14.2 Å². The summed E-state index contributed by atoms with van der Waals surface area (Å²) in [6, 6.07) is 6.21. The zero-order valence-corrected chi connectivity index (χ0v) is 12.2. The molecule has 1 heterocycles. The summed E-state index contributed by atoms with van der Waals surface area (Å²) in [5.41, 5.74) is 4.45. The first kappa shape index (κ1) is 13.6. The van der Waals surface area contributed by atoms with Crippen molar-refractivity contribution in [1.82, 2.24) is 14.9 Å². The van der Waals surface area contributed by atoms with Crippen LogP contribution in [0, 0.1) is 13.8 Å². The van der Waals surface area contributed by atoms with Gasteiger partial charge in [-0.25, -0.2) is 4.98 Å². The molecule has 0 atom stereocenters. The van der Waals surface area contributed by atoms with E-state index in [9.17, 15) is 0 Å². The highest BCUT2D eigenvalue weighted by atomic mass is 16.5. The van der Waals surface area contributed by atoms with Crippen molar-refractivity contribution in [3.05, 3.63) is 35.3 Å². The van der Waals surface area contributed by atoms with Crippen LogP contribution >= 0.6 is 0 Å². The maximum Gasteiger partial charge on any atom is 0.128 e. The molecule has 2 rings (SSSR count). The van der Waals surface area contributed by atoms with Crippen molar-refractivity contribution in [2.45, 2.75) is 20.4 Å². The van der Waals surface area contributed by atoms with Gasteiger partial charge in [-0.3, -0.25) is 0 Å². The second kappa shape index (κ2) is 5.45. The summed E-state index contributed by atoms with van der Waals surface area (Å²) in [5.74, 6) is 1.91. The molecule has 0 aliphatic carbocycles. The average Bonchev–Trinajstić information content (AvgIpc) is 2.65. The number of benzene rings is 1. The molecule has 1 N–H and O–H groups in total. The fraction of sp³-hybridized carbons (Fsp3) is 0.400. The van der Waals surface area contributed by atoms with Crippen molar-refractivity contribution < 1.29 is 4.74 Å². The predicted octanol–water partition coefficient (Wildman–Crippen LogP) is 2.43. The van der Waals surface area contributed by atoms with Gasteiger partial charge in [0.05, 0.1) is 25.0 Å². The van der Waals surface area contributed by atoms with Gasteiger partial charge in [0.15, 0.2) is 0 Å². The number of methoxy groups -OCH3 is 1. The number of rotatable bonds is 4. The van der Waals surface area contributed by atoms with Crippen LogP contribution in [0.15, 0.2) is 18.2 Å². The van der Waals surface area contributed by atoms with Gasteiger partial charge >= 0.3 is 0 Å². The van der Waals surface area contributed by atoms with E-state index in [1.807, 2.05) is 27.1 Å². The molecule has 0 unspecified atom stereocenters. The maximum atomic E-state index is 5.48. The molecule has 0 amide bonds. The Bertz CT molecular complexity index is 587. The highest BCUT2D eigenvalue weighted by Gasteiger charge is 2.16. The molecule has 1 aromatic carbocycles. The summed E-state index contributed by atoms with van der Waals surface area (Å²) in [4.78, 5) is 4.63. The number of aryl methyl sites for hydroxylation is 2. The van der Waals surface area contributed by atoms with E-state index in [-0.39, 0.29) is 0 Å². The first-order chi connectivity index (χ1) is 9.08. The smallest absolute Gasteiger partial charge is 0.128 e. The molecule has 4 heteroatoms. The van der Waals surface area contributed by atoms with E-state index < -0.39 is 0 Å². The lowest BCUT2D eigenvalue weighted by atomic mass is 10.1. The molecule has 0 fully saturated rings. The minimum atomic E-state index is 0.755. The van der Waals surface area contributed by atoms with Crippen molar-refractivity contribution >= 4 is 0 Å². The number of ether oxygens (including phenoxy) is 1. The van der Waals surface area contributed by atoms with Gasteiger partial charge in [0.25, 0.3) is 0 Å². The lowest BCUT2D eigenvalue weighted by Crippen LogP contribution is -2.10. The molecule has 102 valence electrons. The molecule has 0 spiro atoms. The molecular formula is C15H21N3O. The van der Waals surface area contributed by atoms with E-state index in [1.54, 1.807) is 7.11 Å². The van der Waals surface area contributed by atoms with Crippen LogP contribution in [0.4, 0.5) is 0 Å². The normalized spacial score (nSPS) is 10.8. The van der Waals surface area contributed by atoms with E-state index in [0.717, 1.165) is 35.1 Å². The van der Waals surface area contributed by atoms with E-state index in [1.165, 1.54) is 5.56 Å². The third kappa shape index (κ3) is 2.49. The lowest BCUT2D eigenvalue weighted by molar-refractivity contribution is 0.416. The van der Waals surface area contributed by atoms with Gasteiger partial charge in [-0.1, -0.05) is 11.6 Å². The van der Waals surface area contributed by atoms with Crippen molar-refractivity contribution in [3.63, 3.8) is 0 Å². The second-order valence-corrected chi connectivity index (χ2v) is 4.76. The minimum Gasteiger partial charge on any atom is -0.496 e. The van der Waals surface area contributed by atoms with Gasteiger partial charge in [-0.05, 0) is 33.0 Å². The fourth-order valence-corrected chi connectivity index (χ4v) is 2.39. The highest BCUT2D eigenvalue weighted by molar-refractivity contribution is 5.70. The molecule has 4 nitrogen and oxygen atoms in total. The number of nitrogens with one attached hydrogen (secondary N) is 1. The Labute approximate surface area is 114 Å². The van der Waals surface area contributed by atoms with E-state index in [4.69, 9.17) is 4.74 Å². The summed E-state index contributed by atoms with van der Waals surface area (Å²) >= 11 is 0. The van der Waals surface area contributed by atoms with Gasteiger partial charge in [0, 0.05) is 12.6 Å². The van der Waals surface area contributed by atoms with Crippen molar-refractivity contribution in [3.8, 4) is 17.0 Å². The SMILES string of the molecule is CNCc1nc(C)c(-c2cc(C)ccc2OC)n1C. The first-order valence-electron chi connectivity index (χ1n) is 6.40. The first-order valence-corrected chi connectivity index (χ1v) is 6.40. The maximum absolute atomic E-state index is 5.48. The Morgan fingerprint density at radius 1 is 1.32 bits per heavy atom. The molecule has 0 aliphatic rings. The average molecular weight is 259 g/mol. The molecule has 1 aromatic heterocycles. The zero-order chi connectivity index (χ0) is 14.0. The Hall–Kier alpha value is -1.81. The van der Waals surface area contributed by atoms with Gasteiger partial charge < -0.3 is 14.6 Å². The molecule has 0 radical (unpaired) electrons. The van der Waals surface area contributed by atoms with Gasteiger partial charge in [-0.2, -0.15) is 0 Å². The monoisotopic (exact) mass is 259 g/mol. The topological polar surface area (TPSA) is 39.1 Å². The van der Waals surface area contributed by atoms with Gasteiger partial charge in [0.2, 0.25) is 0 Å². The number of aromatic nitrogens is 2. The fourth-order valence-electron chi connectivity index (χ4n) is 2.39. The Morgan fingerprint density at radius 3 is 2.68 bits per heavy atom. The molecule has 19 heavy (non-hydrogen) atoms. The van der Waals surface area contributed by atoms with Crippen molar-refractivity contribution in [1.29, 1.82) is 0 Å². The Balaban J connectivity index is 2.61. The summed E-state index contributed by atoms with van der Waals surface area (Å²) < 4.78 is 7.61.